The molecule has 0 saturated heterocycles. The molecule has 0 bridgehead atoms. The van der Waals surface area contributed by atoms with Gasteiger partial charge in [-0.3, -0.25) is 0 Å². The average molecular weight is 242 g/mol. The molecule has 0 aliphatic carbocycles. The Kier molecular flexibility index (Phi) is 3.79. The molecule has 0 atom stereocenters. The lowest BCUT2D eigenvalue weighted by Gasteiger charge is -2.18. The van der Waals surface area contributed by atoms with E-state index in [9.17, 15) is 0 Å². The molecule has 0 unspecified atom stereocenters. The van der Waals surface area contributed by atoms with Crippen LogP contribution in [-0.2, 0) is 6.42 Å². The molecule has 0 radical (unpaired) electrons. The van der Waals surface area contributed by atoms with Gasteiger partial charge in [-0.05, 0) is 36.1 Å². The van der Waals surface area contributed by atoms with Gasteiger partial charge in [-0.1, -0.05) is 12.1 Å². The summed E-state index contributed by atoms with van der Waals surface area (Å²) in [6.45, 7) is 0.968. The number of hydrogen-bond acceptors (Lipinski definition) is 3. The van der Waals surface area contributed by atoms with Crippen LogP contribution in [0, 0.1) is 11.3 Å². The van der Waals surface area contributed by atoms with Crippen LogP contribution in [0.4, 0.5) is 5.69 Å². The predicted octanol–water partition coefficient (Wildman–Crippen LogP) is 3.30. The van der Waals surface area contributed by atoms with Gasteiger partial charge in [-0.2, -0.15) is 5.26 Å². The van der Waals surface area contributed by atoms with Gasteiger partial charge in [-0.15, -0.1) is 11.3 Å². The molecule has 1 aromatic heterocycles. The number of thiophene rings is 1. The minimum atomic E-state index is 0.713. The molecule has 2 nitrogen and oxygen atoms in total. The molecule has 1 heterocycles. The van der Waals surface area contributed by atoms with Crippen molar-refractivity contribution in [2.24, 2.45) is 0 Å². The van der Waals surface area contributed by atoms with Crippen LogP contribution in [-0.4, -0.2) is 13.6 Å². The summed E-state index contributed by atoms with van der Waals surface area (Å²) >= 11 is 1.79. The van der Waals surface area contributed by atoms with Crippen LogP contribution in [0.2, 0.25) is 0 Å². The van der Waals surface area contributed by atoms with Gasteiger partial charge < -0.3 is 4.90 Å². The quantitative estimate of drug-likeness (QED) is 0.822. The van der Waals surface area contributed by atoms with E-state index < -0.39 is 0 Å². The van der Waals surface area contributed by atoms with E-state index in [1.54, 1.807) is 11.3 Å². The zero-order valence-corrected chi connectivity index (χ0v) is 10.6. The van der Waals surface area contributed by atoms with E-state index in [0.29, 0.717) is 5.56 Å². The van der Waals surface area contributed by atoms with Gasteiger partial charge in [0.2, 0.25) is 0 Å². The molecule has 0 fully saturated rings. The van der Waals surface area contributed by atoms with Gasteiger partial charge in [0.15, 0.2) is 0 Å². The molecule has 0 aliphatic rings. The standard InChI is InChI=1S/C14H14N2S/c1-16(8-7-14-6-3-9-17-14)13-5-2-4-12(10-13)11-15/h2-6,9-10H,7-8H2,1H3. The lowest BCUT2D eigenvalue weighted by Crippen LogP contribution is -2.19. The normalized spacial score (nSPS) is 9.88. The topological polar surface area (TPSA) is 27.0 Å². The van der Waals surface area contributed by atoms with E-state index in [4.69, 9.17) is 5.26 Å². The smallest absolute Gasteiger partial charge is 0.0992 e. The van der Waals surface area contributed by atoms with Gasteiger partial charge >= 0.3 is 0 Å². The van der Waals surface area contributed by atoms with Gasteiger partial charge in [-0.25, -0.2) is 0 Å². The van der Waals surface area contributed by atoms with Crippen LogP contribution in [0.1, 0.15) is 10.4 Å². The second-order valence-electron chi connectivity index (χ2n) is 3.91. The van der Waals surface area contributed by atoms with E-state index in [2.05, 4.69) is 35.5 Å². The number of benzene rings is 1. The fraction of sp³-hybridized carbons (Fsp3) is 0.214. The maximum atomic E-state index is 8.86. The highest BCUT2D eigenvalue weighted by atomic mass is 32.1. The number of nitrogens with zero attached hydrogens (tertiary/aromatic N) is 2. The van der Waals surface area contributed by atoms with E-state index in [1.807, 2.05) is 24.3 Å². The highest BCUT2D eigenvalue weighted by Gasteiger charge is 2.02. The molecule has 2 rings (SSSR count). The maximum Gasteiger partial charge on any atom is 0.0992 e. The van der Waals surface area contributed by atoms with Gasteiger partial charge in [0, 0.05) is 24.2 Å². The number of hydrogen-bond donors (Lipinski definition) is 0. The zero-order chi connectivity index (χ0) is 12.1. The molecule has 17 heavy (non-hydrogen) atoms. The van der Waals surface area contributed by atoms with E-state index >= 15 is 0 Å². The van der Waals surface area contributed by atoms with Crippen LogP contribution in [0.25, 0.3) is 0 Å². The highest BCUT2D eigenvalue weighted by Crippen LogP contribution is 2.16. The summed E-state index contributed by atoms with van der Waals surface area (Å²) in [6.07, 6.45) is 1.05. The number of likely N-dealkylation sites (N-methyl/N-ethyl adjacent to an activating group) is 1. The number of nitriles is 1. The molecule has 0 saturated carbocycles. The van der Waals surface area contributed by atoms with Crippen molar-refractivity contribution in [3.63, 3.8) is 0 Å². The minimum Gasteiger partial charge on any atom is -0.374 e. The van der Waals surface area contributed by atoms with Crippen molar-refractivity contribution < 1.29 is 0 Å². The Morgan fingerprint density at radius 3 is 2.88 bits per heavy atom. The number of anilines is 1. The summed E-state index contributed by atoms with van der Waals surface area (Å²) in [7, 11) is 2.06. The SMILES string of the molecule is CN(CCc1cccs1)c1cccc(C#N)c1. The fourth-order valence-electron chi connectivity index (χ4n) is 1.67. The third kappa shape index (κ3) is 3.08. The van der Waals surface area contributed by atoms with Crippen LogP contribution in [0.15, 0.2) is 41.8 Å². The van der Waals surface area contributed by atoms with Crippen LogP contribution in [0.5, 0.6) is 0 Å². The molecule has 3 heteroatoms. The summed E-state index contributed by atoms with van der Waals surface area (Å²) in [5.74, 6) is 0. The summed E-state index contributed by atoms with van der Waals surface area (Å²) in [5.41, 5.74) is 1.81. The monoisotopic (exact) mass is 242 g/mol. The molecule has 1 aromatic carbocycles. The Labute approximate surface area is 106 Å². The molecule has 2 aromatic rings. The zero-order valence-electron chi connectivity index (χ0n) is 9.76. The van der Waals surface area contributed by atoms with Crippen molar-refractivity contribution in [2.75, 3.05) is 18.5 Å². The first kappa shape index (κ1) is 11.7. The van der Waals surface area contributed by atoms with E-state index in [1.165, 1.54) is 4.88 Å². The van der Waals surface area contributed by atoms with Crippen molar-refractivity contribution >= 4 is 17.0 Å². The molecule has 0 spiro atoms. The Balaban J connectivity index is 1.99. The van der Waals surface area contributed by atoms with Crippen LogP contribution < -0.4 is 4.90 Å². The summed E-state index contributed by atoms with van der Waals surface area (Å²) in [6, 6.07) is 14.1. The minimum absolute atomic E-state index is 0.713. The number of rotatable bonds is 4. The second kappa shape index (κ2) is 5.51. The Bertz CT molecular complexity index is 511. The largest absolute Gasteiger partial charge is 0.374 e. The molecule has 0 amide bonds. The van der Waals surface area contributed by atoms with Crippen molar-refractivity contribution in [1.29, 1.82) is 5.26 Å². The third-order valence-electron chi connectivity index (χ3n) is 2.69. The second-order valence-corrected chi connectivity index (χ2v) is 4.95. The summed E-state index contributed by atoms with van der Waals surface area (Å²) in [5, 5.41) is 11.0. The molecule has 0 N–H and O–H groups in total. The van der Waals surface area contributed by atoms with E-state index in [0.717, 1.165) is 18.7 Å². The highest BCUT2D eigenvalue weighted by molar-refractivity contribution is 7.09. The van der Waals surface area contributed by atoms with Crippen molar-refractivity contribution in [2.45, 2.75) is 6.42 Å². The molecular formula is C14H14N2S. The lowest BCUT2D eigenvalue weighted by molar-refractivity contribution is 0.887. The van der Waals surface area contributed by atoms with Crippen LogP contribution in [0.3, 0.4) is 0 Å². The third-order valence-corrected chi connectivity index (χ3v) is 3.63. The van der Waals surface area contributed by atoms with Crippen molar-refractivity contribution in [1.82, 2.24) is 0 Å². The maximum absolute atomic E-state index is 8.86. The van der Waals surface area contributed by atoms with Crippen LogP contribution >= 0.6 is 11.3 Å². The fourth-order valence-corrected chi connectivity index (χ4v) is 2.37. The molecular weight excluding hydrogens is 228 g/mol. The lowest BCUT2D eigenvalue weighted by atomic mass is 10.2. The Morgan fingerprint density at radius 2 is 2.18 bits per heavy atom. The van der Waals surface area contributed by atoms with Crippen molar-refractivity contribution in [3.8, 4) is 6.07 Å². The van der Waals surface area contributed by atoms with Gasteiger partial charge in [0.1, 0.15) is 0 Å². The van der Waals surface area contributed by atoms with E-state index in [-0.39, 0.29) is 0 Å². The molecule has 0 aliphatic heterocycles. The first-order valence-corrected chi connectivity index (χ1v) is 6.41. The van der Waals surface area contributed by atoms with Gasteiger partial charge in [0.05, 0.1) is 11.6 Å². The Morgan fingerprint density at radius 1 is 1.29 bits per heavy atom. The Hall–Kier alpha value is -1.79. The van der Waals surface area contributed by atoms with Gasteiger partial charge in [0.25, 0.3) is 0 Å². The first-order valence-electron chi connectivity index (χ1n) is 5.53. The summed E-state index contributed by atoms with van der Waals surface area (Å²) < 4.78 is 0. The van der Waals surface area contributed by atoms with Crippen molar-refractivity contribution in [3.05, 3.63) is 52.2 Å². The first-order chi connectivity index (χ1) is 8.29. The molecule has 86 valence electrons. The summed E-state index contributed by atoms with van der Waals surface area (Å²) in [4.78, 5) is 3.58. The average Bonchev–Trinajstić information content (AvgIpc) is 2.89. The predicted molar refractivity (Wildman–Crippen MR) is 72.5 cm³/mol.